The molecule has 0 radical (unpaired) electrons. The number of aromatic amines is 1. The zero-order valence-electron chi connectivity index (χ0n) is 9.81. The van der Waals surface area contributed by atoms with Crippen molar-refractivity contribution in [3.63, 3.8) is 0 Å². The molecule has 0 spiro atoms. The number of amides is 1. The van der Waals surface area contributed by atoms with E-state index in [0.717, 1.165) is 0 Å². The van der Waals surface area contributed by atoms with Crippen LogP contribution in [0.2, 0.25) is 0 Å². The van der Waals surface area contributed by atoms with Gasteiger partial charge in [-0.05, 0) is 5.41 Å². The Morgan fingerprint density at radius 3 is 2.59 bits per heavy atom. The predicted molar refractivity (Wildman–Crippen MR) is 58.3 cm³/mol. The fourth-order valence-corrected chi connectivity index (χ4v) is 2.24. The molecule has 92 valence electrons. The Labute approximate surface area is 97.6 Å². The van der Waals surface area contributed by atoms with Crippen molar-refractivity contribution in [2.75, 3.05) is 5.32 Å². The number of rotatable bonds is 3. The lowest BCUT2D eigenvalue weighted by Gasteiger charge is -1.97. The first-order chi connectivity index (χ1) is 7.84. The van der Waals surface area contributed by atoms with E-state index in [9.17, 15) is 9.59 Å². The quantitative estimate of drug-likeness (QED) is 0.714. The molecule has 17 heavy (non-hydrogen) atoms. The standard InChI is InChI=1S/C10H14N4O3/c1-4(15)11-9-12-7(13-14-9)5-6(8(16)17)10(5,2)3/h5-6H,1-3H3,(H,16,17)(H2,11,12,13,14,15)/t5-,6+/m0/s1. The van der Waals surface area contributed by atoms with Crippen molar-refractivity contribution in [3.8, 4) is 0 Å². The summed E-state index contributed by atoms with van der Waals surface area (Å²) in [6, 6.07) is 0. The number of anilines is 1. The van der Waals surface area contributed by atoms with Crippen LogP contribution in [0.25, 0.3) is 0 Å². The molecule has 1 amide bonds. The van der Waals surface area contributed by atoms with Crippen LogP contribution < -0.4 is 5.32 Å². The zero-order chi connectivity index (χ0) is 12.8. The van der Waals surface area contributed by atoms with Gasteiger partial charge in [0, 0.05) is 12.8 Å². The van der Waals surface area contributed by atoms with Gasteiger partial charge in [-0.15, -0.1) is 5.10 Å². The average Bonchev–Trinajstić information content (AvgIpc) is 2.54. The molecule has 0 unspecified atom stereocenters. The normalized spacial score (nSPS) is 25.4. The van der Waals surface area contributed by atoms with Gasteiger partial charge >= 0.3 is 5.97 Å². The number of hydrogen-bond acceptors (Lipinski definition) is 4. The summed E-state index contributed by atoms with van der Waals surface area (Å²) in [5, 5.41) is 18.0. The van der Waals surface area contributed by atoms with Crippen LogP contribution in [-0.2, 0) is 9.59 Å². The molecule has 7 heteroatoms. The van der Waals surface area contributed by atoms with Gasteiger partial charge in [0.1, 0.15) is 5.82 Å². The summed E-state index contributed by atoms with van der Waals surface area (Å²) in [5.41, 5.74) is -0.334. The van der Waals surface area contributed by atoms with Crippen LogP contribution in [0.1, 0.15) is 32.5 Å². The molecule has 7 nitrogen and oxygen atoms in total. The van der Waals surface area contributed by atoms with Crippen LogP contribution in [-0.4, -0.2) is 32.2 Å². The average molecular weight is 238 g/mol. The molecule has 1 saturated carbocycles. The molecule has 1 aromatic rings. The van der Waals surface area contributed by atoms with Gasteiger partial charge in [0.25, 0.3) is 0 Å². The Kier molecular flexibility index (Phi) is 2.41. The van der Waals surface area contributed by atoms with E-state index >= 15 is 0 Å². The van der Waals surface area contributed by atoms with E-state index in [4.69, 9.17) is 5.11 Å². The SMILES string of the molecule is CC(=O)Nc1n[nH]c([C@@H]2[C@H](C(=O)O)C2(C)C)n1. The highest BCUT2D eigenvalue weighted by atomic mass is 16.4. The van der Waals surface area contributed by atoms with E-state index in [2.05, 4.69) is 20.5 Å². The van der Waals surface area contributed by atoms with Crippen molar-refractivity contribution in [3.05, 3.63) is 5.82 Å². The van der Waals surface area contributed by atoms with Gasteiger partial charge in [0.15, 0.2) is 0 Å². The van der Waals surface area contributed by atoms with Gasteiger partial charge in [0.2, 0.25) is 11.9 Å². The second-order valence-electron chi connectivity index (χ2n) is 4.84. The largest absolute Gasteiger partial charge is 0.481 e. The van der Waals surface area contributed by atoms with E-state index in [1.165, 1.54) is 6.92 Å². The summed E-state index contributed by atoms with van der Waals surface area (Å²) in [4.78, 5) is 25.9. The second-order valence-corrected chi connectivity index (χ2v) is 4.84. The molecule has 0 saturated heterocycles. The number of aliphatic carboxylic acids is 1. The van der Waals surface area contributed by atoms with Crippen LogP contribution in [0.3, 0.4) is 0 Å². The van der Waals surface area contributed by atoms with Gasteiger partial charge in [-0.25, -0.2) is 0 Å². The summed E-state index contributed by atoms with van der Waals surface area (Å²) >= 11 is 0. The lowest BCUT2D eigenvalue weighted by molar-refractivity contribution is -0.139. The molecule has 2 atom stereocenters. The maximum atomic E-state index is 11.0. The molecule has 1 aromatic heterocycles. The topological polar surface area (TPSA) is 108 Å². The third kappa shape index (κ3) is 1.88. The number of nitrogens with one attached hydrogen (secondary N) is 2. The van der Waals surface area contributed by atoms with Crippen LogP contribution in [0, 0.1) is 11.3 Å². The first-order valence-electron chi connectivity index (χ1n) is 5.26. The first kappa shape index (κ1) is 11.6. The minimum Gasteiger partial charge on any atom is -0.481 e. The number of aromatic nitrogens is 3. The number of carbonyl (C=O) groups is 2. The van der Waals surface area contributed by atoms with E-state index in [0.29, 0.717) is 5.82 Å². The summed E-state index contributed by atoms with van der Waals surface area (Å²) in [6.45, 7) is 5.10. The Morgan fingerprint density at radius 1 is 1.47 bits per heavy atom. The highest BCUT2D eigenvalue weighted by Crippen LogP contribution is 2.63. The zero-order valence-corrected chi connectivity index (χ0v) is 9.81. The molecule has 1 heterocycles. The minimum atomic E-state index is -0.836. The summed E-state index contributed by atoms with van der Waals surface area (Å²) in [5.74, 6) is -1.06. The Morgan fingerprint density at radius 2 is 2.12 bits per heavy atom. The molecule has 0 aromatic carbocycles. The first-order valence-corrected chi connectivity index (χ1v) is 5.26. The van der Waals surface area contributed by atoms with Gasteiger partial charge in [0.05, 0.1) is 5.92 Å². The van der Waals surface area contributed by atoms with Crippen molar-refractivity contribution < 1.29 is 14.7 Å². The number of hydrogen-bond donors (Lipinski definition) is 3. The van der Waals surface area contributed by atoms with E-state index in [1.807, 2.05) is 13.8 Å². The van der Waals surface area contributed by atoms with E-state index in [-0.39, 0.29) is 23.2 Å². The molecule has 0 aliphatic heterocycles. The van der Waals surface area contributed by atoms with Crippen LogP contribution in [0.5, 0.6) is 0 Å². The van der Waals surface area contributed by atoms with Crippen LogP contribution >= 0.6 is 0 Å². The lowest BCUT2D eigenvalue weighted by atomic mass is 10.1. The molecule has 1 fully saturated rings. The minimum absolute atomic E-state index is 0.180. The van der Waals surface area contributed by atoms with E-state index < -0.39 is 11.9 Å². The number of carboxylic acids is 1. The lowest BCUT2D eigenvalue weighted by Crippen LogP contribution is -2.07. The highest BCUT2D eigenvalue weighted by Gasteiger charge is 2.64. The van der Waals surface area contributed by atoms with Gasteiger partial charge < -0.3 is 5.11 Å². The number of H-pyrrole nitrogens is 1. The fourth-order valence-electron chi connectivity index (χ4n) is 2.24. The molecular weight excluding hydrogens is 224 g/mol. The molecule has 0 bridgehead atoms. The highest BCUT2D eigenvalue weighted by molar-refractivity contribution is 5.86. The maximum absolute atomic E-state index is 11.0. The maximum Gasteiger partial charge on any atom is 0.307 e. The van der Waals surface area contributed by atoms with Gasteiger partial charge in [-0.1, -0.05) is 13.8 Å². The van der Waals surface area contributed by atoms with Crippen molar-refractivity contribution in [1.29, 1.82) is 0 Å². The Bertz CT molecular complexity index is 480. The summed E-state index contributed by atoms with van der Waals surface area (Å²) in [6.07, 6.45) is 0. The number of carboxylic acid groups (broad SMARTS) is 1. The number of nitrogens with zero attached hydrogens (tertiary/aromatic N) is 2. The van der Waals surface area contributed by atoms with Crippen LogP contribution in [0.4, 0.5) is 5.95 Å². The molecular formula is C10H14N4O3. The summed E-state index contributed by atoms with van der Waals surface area (Å²) in [7, 11) is 0. The third-order valence-corrected chi connectivity index (χ3v) is 3.18. The van der Waals surface area contributed by atoms with Gasteiger partial charge in [-0.3, -0.25) is 20.0 Å². The number of carbonyl (C=O) groups excluding carboxylic acids is 1. The van der Waals surface area contributed by atoms with Crippen molar-refractivity contribution in [1.82, 2.24) is 15.2 Å². The second kappa shape index (κ2) is 3.54. The molecule has 2 rings (SSSR count). The fraction of sp³-hybridized carbons (Fsp3) is 0.600. The smallest absolute Gasteiger partial charge is 0.307 e. The molecule has 1 aliphatic carbocycles. The van der Waals surface area contributed by atoms with Crippen molar-refractivity contribution >= 4 is 17.8 Å². The Hall–Kier alpha value is -1.92. The molecule has 1 aliphatic rings. The molecule has 3 N–H and O–H groups in total. The van der Waals surface area contributed by atoms with E-state index in [1.54, 1.807) is 0 Å². The third-order valence-electron chi connectivity index (χ3n) is 3.18. The predicted octanol–water partition coefficient (Wildman–Crippen LogP) is 0.587. The monoisotopic (exact) mass is 238 g/mol. The summed E-state index contributed by atoms with van der Waals surface area (Å²) < 4.78 is 0. The van der Waals surface area contributed by atoms with Crippen LogP contribution in [0.15, 0.2) is 0 Å². The Balaban J connectivity index is 2.17. The van der Waals surface area contributed by atoms with Crippen molar-refractivity contribution in [2.45, 2.75) is 26.7 Å². The van der Waals surface area contributed by atoms with Gasteiger partial charge in [-0.2, -0.15) is 4.98 Å². The van der Waals surface area contributed by atoms with Crippen molar-refractivity contribution in [2.24, 2.45) is 11.3 Å².